The number of hydrogen-bond donors (Lipinski definition) is 0. The first-order valence-corrected chi connectivity index (χ1v) is 7.80. The molecule has 0 aromatic heterocycles. The average molecular weight is 275 g/mol. The molecule has 2 aromatic rings. The van der Waals surface area contributed by atoms with Gasteiger partial charge in [-0.3, -0.25) is 0 Å². The Balaban J connectivity index is 1.94. The van der Waals surface area contributed by atoms with E-state index in [4.69, 9.17) is 0 Å². The molecule has 2 unspecified atom stereocenters. The van der Waals surface area contributed by atoms with Gasteiger partial charge in [-0.2, -0.15) is 0 Å². The highest BCUT2D eigenvalue weighted by molar-refractivity contribution is 5.74. The first-order chi connectivity index (χ1) is 10.2. The van der Waals surface area contributed by atoms with Crippen molar-refractivity contribution in [2.24, 2.45) is 0 Å². The predicted molar refractivity (Wildman–Crippen MR) is 89.9 cm³/mol. The summed E-state index contributed by atoms with van der Waals surface area (Å²) in [6.45, 7) is 7.95. The van der Waals surface area contributed by atoms with Gasteiger partial charge >= 0.3 is 0 Å². The van der Waals surface area contributed by atoms with E-state index in [9.17, 15) is 0 Å². The molecule has 4 rings (SSSR count). The molecule has 0 amide bonds. The summed E-state index contributed by atoms with van der Waals surface area (Å²) >= 11 is 0. The fraction of sp³-hybridized carbons (Fsp3) is 0.300. The lowest BCUT2D eigenvalue weighted by molar-refractivity contribution is 0.592. The summed E-state index contributed by atoms with van der Waals surface area (Å²) in [5, 5.41) is 0. The molecule has 0 spiro atoms. The van der Waals surface area contributed by atoms with Crippen molar-refractivity contribution in [3.63, 3.8) is 0 Å². The Labute approximate surface area is 126 Å². The van der Waals surface area contributed by atoms with E-state index < -0.39 is 0 Å². The average Bonchev–Trinajstić information content (AvgIpc) is 2.50. The van der Waals surface area contributed by atoms with E-state index in [0.717, 1.165) is 6.54 Å². The third-order valence-corrected chi connectivity index (χ3v) is 5.16. The molecule has 0 radical (unpaired) electrons. The Morgan fingerprint density at radius 1 is 1.05 bits per heavy atom. The molecule has 0 bridgehead atoms. The minimum Gasteiger partial charge on any atom is -0.360 e. The van der Waals surface area contributed by atoms with Gasteiger partial charge in [0.2, 0.25) is 0 Å². The van der Waals surface area contributed by atoms with E-state index in [1.165, 1.54) is 33.5 Å². The van der Waals surface area contributed by atoms with Gasteiger partial charge in [0.1, 0.15) is 0 Å². The van der Waals surface area contributed by atoms with Crippen LogP contribution in [-0.4, -0.2) is 6.54 Å². The van der Waals surface area contributed by atoms with Crippen molar-refractivity contribution in [3.05, 3.63) is 70.3 Å². The topological polar surface area (TPSA) is 3.24 Å². The Morgan fingerprint density at radius 3 is 2.71 bits per heavy atom. The number of rotatable bonds is 0. The number of nitrogens with zero attached hydrogens (tertiary/aromatic N) is 1. The highest BCUT2D eigenvalue weighted by atomic mass is 15.2. The molecular formula is C20H21N. The molecule has 21 heavy (non-hydrogen) atoms. The fourth-order valence-electron chi connectivity index (χ4n) is 3.88. The second kappa shape index (κ2) is 4.49. The van der Waals surface area contributed by atoms with E-state index in [0.29, 0.717) is 12.0 Å². The first-order valence-electron chi connectivity index (χ1n) is 7.80. The van der Waals surface area contributed by atoms with Crippen LogP contribution in [0.1, 0.15) is 46.7 Å². The smallest absolute Gasteiger partial charge is 0.0735 e. The third-order valence-electron chi connectivity index (χ3n) is 5.16. The zero-order chi connectivity index (χ0) is 14.6. The SMILES string of the molecule is Cc1ccc2c(c1C)C1C=Cc3ccccc3N1CC2C. The van der Waals surface area contributed by atoms with Crippen LogP contribution >= 0.6 is 0 Å². The van der Waals surface area contributed by atoms with Crippen LogP contribution in [0.2, 0.25) is 0 Å². The number of fused-ring (bicyclic) bond motifs is 5. The number of anilines is 1. The van der Waals surface area contributed by atoms with Gasteiger partial charge in [0.05, 0.1) is 6.04 Å². The Kier molecular flexibility index (Phi) is 2.72. The molecule has 2 atom stereocenters. The highest BCUT2D eigenvalue weighted by Crippen LogP contribution is 2.45. The fourth-order valence-corrected chi connectivity index (χ4v) is 3.88. The first kappa shape index (κ1) is 12.7. The standard InChI is InChI=1S/C20H21N/c1-13-8-10-17-14(2)12-21-18-7-5-4-6-16(18)9-11-19(21)20(17)15(13)3/h4-11,14,19H,12H2,1-3H3. The molecule has 0 fully saturated rings. The monoisotopic (exact) mass is 275 g/mol. The van der Waals surface area contributed by atoms with E-state index in [-0.39, 0.29) is 0 Å². The predicted octanol–water partition coefficient (Wildman–Crippen LogP) is 5.00. The molecule has 2 aliphatic heterocycles. The summed E-state index contributed by atoms with van der Waals surface area (Å²) in [5.74, 6) is 0.579. The van der Waals surface area contributed by atoms with Gasteiger partial charge in [-0.05, 0) is 53.6 Å². The van der Waals surface area contributed by atoms with Gasteiger partial charge in [0, 0.05) is 12.2 Å². The number of aryl methyl sites for hydroxylation is 1. The van der Waals surface area contributed by atoms with Crippen LogP contribution < -0.4 is 4.90 Å². The van der Waals surface area contributed by atoms with Crippen LogP contribution in [-0.2, 0) is 0 Å². The highest BCUT2D eigenvalue weighted by Gasteiger charge is 2.33. The molecule has 1 heteroatoms. The van der Waals surface area contributed by atoms with E-state index >= 15 is 0 Å². The zero-order valence-electron chi connectivity index (χ0n) is 12.9. The molecule has 0 N–H and O–H groups in total. The van der Waals surface area contributed by atoms with Gasteiger partial charge in [0.15, 0.2) is 0 Å². The Bertz CT molecular complexity index is 741. The van der Waals surface area contributed by atoms with E-state index in [2.05, 4.69) is 74.2 Å². The van der Waals surface area contributed by atoms with E-state index in [1.54, 1.807) is 0 Å². The second-order valence-electron chi connectivity index (χ2n) is 6.43. The molecule has 2 heterocycles. The maximum Gasteiger partial charge on any atom is 0.0735 e. The molecule has 0 aliphatic carbocycles. The van der Waals surface area contributed by atoms with Gasteiger partial charge in [-0.25, -0.2) is 0 Å². The second-order valence-corrected chi connectivity index (χ2v) is 6.43. The molecule has 0 saturated carbocycles. The van der Waals surface area contributed by atoms with Crippen molar-refractivity contribution in [3.8, 4) is 0 Å². The van der Waals surface area contributed by atoms with Gasteiger partial charge < -0.3 is 4.90 Å². The maximum absolute atomic E-state index is 2.58. The van der Waals surface area contributed by atoms with Crippen molar-refractivity contribution in [1.29, 1.82) is 0 Å². The summed E-state index contributed by atoms with van der Waals surface area (Å²) < 4.78 is 0. The summed E-state index contributed by atoms with van der Waals surface area (Å²) in [6, 6.07) is 13.8. The lowest BCUT2D eigenvalue weighted by Crippen LogP contribution is -2.38. The number of hydrogen-bond acceptors (Lipinski definition) is 1. The Morgan fingerprint density at radius 2 is 1.86 bits per heavy atom. The zero-order valence-corrected chi connectivity index (χ0v) is 12.9. The van der Waals surface area contributed by atoms with Crippen LogP contribution in [0.5, 0.6) is 0 Å². The minimum atomic E-state index is 0.394. The van der Waals surface area contributed by atoms with Gasteiger partial charge in [-0.1, -0.05) is 49.4 Å². The summed E-state index contributed by atoms with van der Waals surface area (Å²) in [6.07, 6.45) is 4.66. The van der Waals surface area contributed by atoms with Crippen molar-refractivity contribution in [2.75, 3.05) is 11.4 Å². The quantitative estimate of drug-likeness (QED) is 0.654. The van der Waals surface area contributed by atoms with Crippen molar-refractivity contribution < 1.29 is 0 Å². The lowest BCUT2D eigenvalue weighted by Gasteiger charge is -2.44. The van der Waals surface area contributed by atoms with E-state index in [1.807, 2.05) is 0 Å². The minimum absolute atomic E-state index is 0.394. The molecule has 2 aliphatic rings. The third kappa shape index (κ3) is 1.77. The summed E-state index contributed by atoms with van der Waals surface area (Å²) in [7, 11) is 0. The normalized spacial score (nSPS) is 22.5. The van der Waals surface area contributed by atoms with Crippen molar-refractivity contribution >= 4 is 11.8 Å². The van der Waals surface area contributed by atoms with Gasteiger partial charge in [-0.15, -0.1) is 0 Å². The molecule has 2 aromatic carbocycles. The van der Waals surface area contributed by atoms with Crippen LogP contribution in [0.4, 0.5) is 5.69 Å². The molecule has 0 saturated heterocycles. The number of para-hydroxylation sites is 1. The largest absolute Gasteiger partial charge is 0.360 e. The van der Waals surface area contributed by atoms with Crippen LogP contribution in [0.3, 0.4) is 0 Å². The van der Waals surface area contributed by atoms with Crippen LogP contribution in [0.25, 0.3) is 6.08 Å². The van der Waals surface area contributed by atoms with Gasteiger partial charge in [0.25, 0.3) is 0 Å². The Hall–Kier alpha value is -2.02. The van der Waals surface area contributed by atoms with Crippen LogP contribution in [0, 0.1) is 13.8 Å². The molecule has 1 nitrogen and oxygen atoms in total. The molecule has 106 valence electrons. The summed E-state index contributed by atoms with van der Waals surface area (Å²) in [4.78, 5) is 2.58. The van der Waals surface area contributed by atoms with Crippen molar-refractivity contribution in [1.82, 2.24) is 0 Å². The molecular weight excluding hydrogens is 254 g/mol. The summed E-state index contributed by atoms with van der Waals surface area (Å²) in [5.41, 5.74) is 8.63. The lowest BCUT2D eigenvalue weighted by atomic mass is 9.80. The van der Waals surface area contributed by atoms with Crippen LogP contribution in [0.15, 0.2) is 42.5 Å². The van der Waals surface area contributed by atoms with Crippen molar-refractivity contribution in [2.45, 2.75) is 32.7 Å². The number of benzene rings is 2. The maximum atomic E-state index is 2.58.